The second-order valence-electron chi connectivity index (χ2n) is 6.36. The minimum Gasteiger partial charge on any atom is -0.456 e. The van der Waals surface area contributed by atoms with Crippen molar-refractivity contribution in [1.29, 1.82) is 0 Å². The first-order valence-electron chi connectivity index (χ1n) is 7.60. The van der Waals surface area contributed by atoms with Gasteiger partial charge in [-0.05, 0) is 51.8 Å². The number of hydrogen-bond donors (Lipinski definition) is 2. The lowest BCUT2D eigenvalue weighted by Gasteiger charge is -2.19. The van der Waals surface area contributed by atoms with Crippen LogP contribution >= 0.6 is 24.0 Å². The molecule has 0 aromatic heterocycles. The first kappa shape index (κ1) is 21.7. The molecule has 0 saturated carbocycles. The van der Waals surface area contributed by atoms with Crippen molar-refractivity contribution in [2.24, 2.45) is 10.7 Å². The zero-order valence-electron chi connectivity index (χ0n) is 14.6. The van der Waals surface area contributed by atoms with Crippen LogP contribution < -0.4 is 11.1 Å². The molecule has 0 spiro atoms. The van der Waals surface area contributed by atoms with Gasteiger partial charge in [-0.25, -0.2) is 9.79 Å². The zero-order chi connectivity index (χ0) is 16.8. The average Bonchev–Trinajstić information content (AvgIpc) is 2.43. The maximum absolute atomic E-state index is 12.0. The predicted molar refractivity (Wildman–Crippen MR) is 105 cm³/mol. The molecular formula is C17H28IN3O2. The SMILES string of the molecule is CCC(C)NC(N)=NCc1cccc(C(=O)OC(C)(C)C)c1.I. The minimum atomic E-state index is -0.504. The number of nitrogens with one attached hydrogen (secondary N) is 1. The van der Waals surface area contributed by atoms with Gasteiger partial charge in [0, 0.05) is 6.04 Å². The molecule has 1 rings (SSSR count). The number of carbonyl (C=O) groups excluding carboxylic acids is 1. The van der Waals surface area contributed by atoms with E-state index < -0.39 is 5.60 Å². The number of carbonyl (C=O) groups is 1. The Balaban J connectivity index is 0.00000484. The highest BCUT2D eigenvalue weighted by molar-refractivity contribution is 14.0. The van der Waals surface area contributed by atoms with E-state index in [0.29, 0.717) is 18.1 Å². The topological polar surface area (TPSA) is 76.7 Å². The van der Waals surface area contributed by atoms with Gasteiger partial charge in [-0.2, -0.15) is 0 Å². The number of benzene rings is 1. The summed E-state index contributed by atoms with van der Waals surface area (Å²) in [6.07, 6.45) is 0.977. The second kappa shape index (κ2) is 9.75. The molecule has 23 heavy (non-hydrogen) atoms. The van der Waals surface area contributed by atoms with Crippen LogP contribution in [0.4, 0.5) is 0 Å². The molecule has 0 aliphatic rings. The molecule has 130 valence electrons. The maximum atomic E-state index is 12.0. The highest BCUT2D eigenvalue weighted by Gasteiger charge is 2.17. The number of guanidine groups is 1. The van der Waals surface area contributed by atoms with E-state index in [0.717, 1.165) is 12.0 Å². The molecular weight excluding hydrogens is 405 g/mol. The van der Waals surface area contributed by atoms with Gasteiger partial charge in [-0.3, -0.25) is 0 Å². The average molecular weight is 433 g/mol. The lowest BCUT2D eigenvalue weighted by Crippen LogP contribution is -2.38. The Morgan fingerprint density at radius 1 is 1.39 bits per heavy atom. The smallest absolute Gasteiger partial charge is 0.338 e. The van der Waals surface area contributed by atoms with Crippen molar-refractivity contribution < 1.29 is 9.53 Å². The monoisotopic (exact) mass is 433 g/mol. The number of ether oxygens (including phenoxy) is 1. The van der Waals surface area contributed by atoms with Crippen molar-refractivity contribution in [3.63, 3.8) is 0 Å². The number of esters is 1. The quantitative estimate of drug-likeness (QED) is 0.323. The van der Waals surface area contributed by atoms with E-state index in [-0.39, 0.29) is 36.0 Å². The lowest BCUT2D eigenvalue weighted by atomic mass is 10.1. The Morgan fingerprint density at radius 3 is 2.61 bits per heavy atom. The van der Waals surface area contributed by atoms with E-state index in [2.05, 4.69) is 17.2 Å². The first-order chi connectivity index (χ1) is 10.2. The third kappa shape index (κ3) is 8.78. The molecule has 0 aliphatic heterocycles. The number of hydrogen-bond acceptors (Lipinski definition) is 3. The van der Waals surface area contributed by atoms with Crippen LogP contribution in [0.15, 0.2) is 29.3 Å². The van der Waals surface area contributed by atoms with Crippen molar-refractivity contribution >= 4 is 35.9 Å². The molecule has 6 heteroatoms. The lowest BCUT2D eigenvalue weighted by molar-refractivity contribution is 0.00694. The van der Waals surface area contributed by atoms with Crippen LogP contribution in [0, 0.1) is 0 Å². The Hall–Kier alpha value is -1.31. The van der Waals surface area contributed by atoms with Gasteiger partial charge in [0.1, 0.15) is 5.60 Å². The molecule has 0 radical (unpaired) electrons. The molecule has 0 heterocycles. The molecule has 0 bridgehead atoms. The fourth-order valence-electron chi connectivity index (χ4n) is 1.71. The Kier molecular flexibility index (Phi) is 9.19. The van der Waals surface area contributed by atoms with E-state index in [1.165, 1.54) is 0 Å². The van der Waals surface area contributed by atoms with E-state index in [1.54, 1.807) is 12.1 Å². The largest absolute Gasteiger partial charge is 0.456 e. The van der Waals surface area contributed by atoms with E-state index in [1.807, 2.05) is 39.8 Å². The molecule has 0 saturated heterocycles. The molecule has 1 unspecified atom stereocenters. The summed E-state index contributed by atoms with van der Waals surface area (Å²) >= 11 is 0. The molecule has 1 aromatic carbocycles. The van der Waals surface area contributed by atoms with Gasteiger partial charge in [0.2, 0.25) is 0 Å². The Morgan fingerprint density at radius 2 is 2.04 bits per heavy atom. The first-order valence-corrected chi connectivity index (χ1v) is 7.60. The summed E-state index contributed by atoms with van der Waals surface area (Å²) in [6.45, 7) is 10.1. The molecule has 5 nitrogen and oxygen atoms in total. The van der Waals surface area contributed by atoms with Crippen LogP contribution in [0.5, 0.6) is 0 Å². The number of nitrogens with two attached hydrogens (primary N) is 1. The van der Waals surface area contributed by atoms with Gasteiger partial charge in [-0.1, -0.05) is 19.1 Å². The van der Waals surface area contributed by atoms with Crippen LogP contribution in [-0.4, -0.2) is 23.6 Å². The highest BCUT2D eigenvalue weighted by atomic mass is 127. The van der Waals surface area contributed by atoms with Crippen LogP contribution in [0.3, 0.4) is 0 Å². The van der Waals surface area contributed by atoms with Gasteiger partial charge in [0.25, 0.3) is 0 Å². The van der Waals surface area contributed by atoms with Crippen LogP contribution in [-0.2, 0) is 11.3 Å². The number of halogens is 1. The Labute approximate surface area is 156 Å². The van der Waals surface area contributed by atoms with Crippen molar-refractivity contribution in [2.45, 2.75) is 59.2 Å². The van der Waals surface area contributed by atoms with Gasteiger partial charge in [0.15, 0.2) is 5.96 Å². The summed E-state index contributed by atoms with van der Waals surface area (Å²) in [5.74, 6) is 0.0843. The predicted octanol–water partition coefficient (Wildman–Crippen LogP) is 3.46. The standard InChI is InChI=1S/C17H27N3O2.HI/c1-6-12(2)20-16(18)19-11-13-8-7-9-14(10-13)15(21)22-17(3,4)5;/h7-10,12H,6,11H2,1-5H3,(H3,18,19,20);1H. The molecule has 0 amide bonds. The summed E-state index contributed by atoms with van der Waals surface area (Å²) in [4.78, 5) is 16.3. The Bertz CT molecular complexity index is 539. The third-order valence-electron chi connectivity index (χ3n) is 3.00. The summed E-state index contributed by atoms with van der Waals surface area (Å²) in [6, 6.07) is 7.55. The minimum absolute atomic E-state index is 0. The fraction of sp³-hybridized carbons (Fsp3) is 0.529. The van der Waals surface area contributed by atoms with Crippen LogP contribution in [0.1, 0.15) is 57.0 Å². The van der Waals surface area contributed by atoms with Crippen LogP contribution in [0.2, 0.25) is 0 Å². The number of aliphatic imine (C=N–C) groups is 1. The molecule has 0 aliphatic carbocycles. The van der Waals surface area contributed by atoms with Crippen molar-refractivity contribution in [2.75, 3.05) is 0 Å². The molecule has 1 aromatic rings. The van der Waals surface area contributed by atoms with E-state index >= 15 is 0 Å². The van der Waals surface area contributed by atoms with Gasteiger partial charge in [0.05, 0.1) is 12.1 Å². The van der Waals surface area contributed by atoms with Crippen molar-refractivity contribution in [1.82, 2.24) is 5.32 Å². The maximum Gasteiger partial charge on any atom is 0.338 e. The summed E-state index contributed by atoms with van der Waals surface area (Å²) in [7, 11) is 0. The van der Waals surface area contributed by atoms with Crippen molar-refractivity contribution in [3.05, 3.63) is 35.4 Å². The van der Waals surface area contributed by atoms with Gasteiger partial charge >= 0.3 is 5.97 Å². The van der Waals surface area contributed by atoms with Gasteiger partial charge in [-0.15, -0.1) is 24.0 Å². The summed E-state index contributed by atoms with van der Waals surface area (Å²) in [5, 5.41) is 3.10. The third-order valence-corrected chi connectivity index (χ3v) is 3.00. The summed E-state index contributed by atoms with van der Waals surface area (Å²) < 4.78 is 5.36. The van der Waals surface area contributed by atoms with E-state index in [9.17, 15) is 4.79 Å². The molecule has 3 N–H and O–H groups in total. The molecule has 0 fully saturated rings. The molecule has 1 atom stereocenters. The highest BCUT2D eigenvalue weighted by Crippen LogP contribution is 2.13. The van der Waals surface area contributed by atoms with Gasteiger partial charge < -0.3 is 15.8 Å². The normalized spacial score (nSPS) is 13.0. The van der Waals surface area contributed by atoms with Crippen molar-refractivity contribution in [3.8, 4) is 0 Å². The van der Waals surface area contributed by atoms with E-state index in [4.69, 9.17) is 10.5 Å². The fourth-order valence-corrected chi connectivity index (χ4v) is 1.71. The van der Waals surface area contributed by atoms with Crippen LogP contribution in [0.25, 0.3) is 0 Å². The second-order valence-corrected chi connectivity index (χ2v) is 6.36. The number of rotatable bonds is 5. The number of nitrogens with zero attached hydrogens (tertiary/aromatic N) is 1. The zero-order valence-corrected chi connectivity index (χ0v) is 16.9. The summed E-state index contributed by atoms with van der Waals surface area (Å²) in [5.41, 5.74) is 6.76.